The van der Waals surface area contributed by atoms with Gasteiger partial charge in [0.15, 0.2) is 5.82 Å². The second kappa shape index (κ2) is 13.9. The van der Waals surface area contributed by atoms with Gasteiger partial charge < -0.3 is 0 Å². The van der Waals surface area contributed by atoms with E-state index < -0.39 is 0 Å². The summed E-state index contributed by atoms with van der Waals surface area (Å²) in [4.78, 5) is 10.6. The molecule has 0 fully saturated rings. The molecule has 2 nitrogen and oxygen atoms in total. The molecule has 0 radical (unpaired) electrons. The van der Waals surface area contributed by atoms with Crippen LogP contribution >= 0.6 is 0 Å². The van der Waals surface area contributed by atoms with Crippen LogP contribution in [0.2, 0.25) is 0 Å². The molecule has 278 valence electrons. The number of benzene rings is 9. The van der Waals surface area contributed by atoms with Crippen molar-refractivity contribution in [3.63, 3.8) is 0 Å². The predicted molar refractivity (Wildman–Crippen MR) is 247 cm³/mol. The van der Waals surface area contributed by atoms with E-state index in [-0.39, 0.29) is 5.41 Å². The Kier molecular flexibility index (Phi) is 8.20. The summed E-state index contributed by atoms with van der Waals surface area (Å²) in [7, 11) is 0. The Hall–Kier alpha value is -7.42. The summed E-state index contributed by atoms with van der Waals surface area (Å²) in [6, 6.07) is 74.2. The topological polar surface area (TPSA) is 25.8 Å². The molecule has 0 spiro atoms. The molecule has 0 unspecified atom stereocenters. The van der Waals surface area contributed by atoms with Gasteiger partial charge in [-0.3, -0.25) is 0 Å². The van der Waals surface area contributed by atoms with Crippen molar-refractivity contribution in [2.45, 2.75) is 19.3 Å². The third-order valence-electron chi connectivity index (χ3n) is 12.3. The Bertz CT molecular complexity index is 3230. The monoisotopic (exact) mass is 752 g/mol. The summed E-state index contributed by atoms with van der Waals surface area (Å²) in [6.07, 6.45) is 0. The molecule has 0 saturated heterocycles. The van der Waals surface area contributed by atoms with Crippen LogP contribution in [0.15, 0.2) is 206 Å². The highest BCUT2D eigenvalue weighted by molar-refractivity contribution is 6.05. The van der Waals surface area contributed by atoms with Crippen LogP contribution in [0.5, 0.6) is 0 Å². The standard InChI is InChI=1S/C57H40N2/c1-57(2)51-33-29-38-18-9-10-24-45(38)55(51)50-30-28-41(35-52(50)57)40-21-15-22-42(34-40)44-31-32-49(47-26-13-12-25-46(44)47)56-58-53(39-19-7-4-8-20-39)36-54(59-56)48-27-14-11-23-43(48)37-16-5-3-6-17-37/h3-36H,1-2H3. The van der Waals surface area contributed by atoms with Crippen molar-refractivity contribution in [1.82, 2.24) is 9.97 Å². The third-order valence-corrected chi connectivity index (χ3v) is 12.3. The summed E-state index contributed by atoms with van der Waals surface area (Å²) in [6.45, 7) is 4.73. The van der Waals surface area contributed by atoms with Gasteiger partial charge in [-0.1, -0.05) is 196 Å². The minimum absolute atomic E-state index is 0.0995. The molecule has 0 amide bonds. The normalized spacial score (nSPS) is 12.7. The highest BCUT2D eigenvalue weighted by Gasteiger charge is 2.36. The number of rotatable bonds is 6. The molecule has 2 heteroatoms. The lowest BCUT2D eigenvalue weighted by atomic mass is 9.81. The minimum atomic E-state index is -0.0995. The fraction of sp³-hybridized carbons (Fsp3) is 0.0526. The summed E-state index contributed by atoms with van der Waals surface area (Å²) < 4.78 is 0. The first-order chi connectivity index (χ1) is 29.0. The molecule has 59 heavy (non-hydrogen) atoms. The summed E-state index contributed by atoms with van der Waals surface area (Å²) in [5.74, 6) is 0.704. The van der Waals surface area contributed by atoms with E-state index in [2.05, 4.69) is 214 Å². The van der Waals surface area contributed by atoms with E-state index in [1.165, 1.54) is 60.7 Å². The number of hydrogen-bond acceptors (Lipinski definition) is 2. The van der Waals surface area contributed by atoms with Crippen LogP contribution in [0.1, 0.15) is 25.0 Å². The largest absolute Gasteiger partial charge is 0.228 e. The molecular weight excluding hydrogens is 713 g/mol. The van der Waals surface area contributed by atoms with Gasteiger partial charge in [-0.25, -0.2) is 9.97 Å². The van der Waals surface area contributed by atoms with Gasteiger partial charge in [0, 0.05) is 22.1 Å². The lowest BCUT2D eigenvalue weighted by Crippen LogP contribution is -2.15. The van der Waals surface area contributed by atoms with Crippen LogP contribution in [-0.2, 0) is 5.41 Å². The van der Waals surface area contributed by atoms with Gasteiger partial charge in [0.1, 0.15) is 0 Å². The van der Waals surface area contributed by atoms with Gasteiger partial charge in [0.05, 0.1) is 11.4 Å². The molecule has 0 aliphatic heterocycles. The van der Waals surface area contributed by atoms with Gasteiger partial charge in [-0.15, -0.1) is 0 Å². The average Bonchev–Trinajstić information content (AvgIpc) is 3.54. The number of nitrogens with zero attached hydrogens (tertiary/aromatic N) is 2. The van der Waals surface area contributed by atoms with Crippen molar-refractivity contribution in [1.29, 1.82) is 0 Å². The van der Waals surface area contributed by atoms with Gasteiger partial charge >= 0.3 is 0 Å². The first-order valence-corrected chi connectivity index (χ1v) is 20.4. The smallest absolute Gasteiger partial charge is 0.161 e. The molecule has 1 heterocycles. The van der Waals surface area contributed by atoms with Crippen molar-refractivity contribution in [3.05, 3.63) is 217 Å². The van der Waals surface area contributed by atoms with E-state index in [9.17, 15) is 0 Å². The highest BCUT2D eigenvalue weighted by atomic mass is 14.9. The van der Waals surface area contributed by atoms with Crippen LogP contribution in [-0.4, -0.2) is 9.97 Å². The fourth-order valence-corrected chi connectivity index (χ4v) is 9.34. The zero-order valence-electron chi connectivity index (χ0n) is 33.0. The van der Waals surface area contributed by atoms with E-state index >= 15 is 0 Å². The molecular formula is C57H40N2. The van der Waals surface area contributed by atoms with Crippen molar-refractivity contribution >= 4 is 21.5 Å². The number of fused-ring (bicyclic) bond motifs is 6. The first-order valence-electron chi connectivity index (χ1n) is 20.4. The quantitative estimate of drug-likeness (QED) is 0.169. The van der Waals surface area contributed by atoms with E-state index in [1.807, 2.05) is 6.07 Å². The molecule has 9 aromatic carbocycles. The zero-order valence-corrected chi connectivity index (χ0v) is 33.0. The van der Waals surface area contributed by atoms with Crippen molar-refractivity contribution in [2.24, 2.45) is 0 Å². The Labute approximate surface area is 345 Å². The van der Waals surface area contributed by atoms with Crippen LogP contribution in [0.25, 0.3) is 100.0 Å². The van der Waals surface area contributed by atoms with E-state index in [0.717, 1.165) is 44.6 Å². The predicted octanol–water partition coefficient (Wildman–Crippen LogP) is 15.1. The molecule has 1 aromatic heterocycles. The summed E-state index contributed by atoms with van der Waals surface area (Å²) in [5, 5.41) is 4.90. The second-order valence-electron chi connectivity index (χ2n) is 16.1. The van der Waals surface area contributed by atoms with Gasteiger partial charge in [0.25, 0.3) is 0 Å². The maximum atomic E-state index is 5.35. The van der Waals surface area contributed by atoms with Gasteiger partial charge in [0.2, 0.25) is 0 Å². The van der Waals surface area contributed by atoms with Crippen molar-refractivity contribution in [2.75, 3.05) is 0 Å². The molecule has 0 atom stereocenters. The van der Waals surface area contributed by atoms with E-state index in [0.29, 0.717) is 5.82 Å². The van der Waals surface area contributed by atoms with Crippen molar-refractivity contribution in [3.8, 4) is 78.4 Å². The Morgan fingerprint density at radius 2 is 0.898 bits per heavy atom. The maximum absolute atomic E-state index is 5.35. The summed E-state index contributed by atoms with van der Waals surface area (Å²) in [5.41, 5.74) is 17.4. The molecule has 0 bridgehead atoms. The Morgan fingerprint density at radius 1 is 0.322 bits per heavy atom. The second-order valence-corrected chi connectivity index (χ2v) is 16.1. The van der Waals surface area contributed by atoms with Crippen LogP contribution in [0.3, 0.4) is 0 Å². The SMILES string of the molecule is CC1(C)c2cc(-c3cccc(-c4ccc(-c5nc(-c6ccccc6)cc(-c6ccccc6-c6ccccc6)n5)c5ccccc45)c3)ccc2-c2c1ccc1ccccc21. The lowest BCUT2D eigenvalue weighted by molar-refractivity contribution is 0.661. The van der Waals surface area contributed by atoms with Gasteiger partial charge in [-0.05, 0) is 101 Å². The fourth-order valence-electron chi connectivity index (χ4n) is 9.34. The highest BCUT2D eigenvalue weighted by Crippen LogP contribution is 2.52. The molecule has 10 aromatic rings. The summed E-state index contributed by atoms with van der Waals surface area (Å²) >= 11 is 0. The zero-order chi connectivity index (χ0) is 39.5. The molecule has 0 saturated carbocycles. The Balaban J connectivity index is 1.02. The lowest BCUT2D eigenvalue weighted by Gasteiger charge is -2.22. The molecule has 0 N–H and O–H groups in total. The minimum Gasteiger partial charge on any atom is -0.228 e. The van der Waals surface area contributed by atoms with Crippen molar-refractivity contribution < 1.29 is 0 Å². The molecule has 1 aliphatic carbocycles. The van der Waals surface area contributed by atoms with Crippen LogP contribution < -0.4 is 0 Å². The van der Waals surface area contributed by atoms with Crippen LogP contribution in [0, 0.1) is 0 Å². The van der Waals surface area contributed by atoms with E-state index in [4.69, 9.17) is 9.97 Å². The van der Waals surface area contributed by atoms with Crippen LogP contribution in [0.4, 0.5) is 0 Å². The number of aromatic nitrogens is 2. The molecule has 1 aliphatic rings. The van der Waals surface area contributed by atoms with E-state index in [1.54, 1.807) is 0 Å². The van der Waals surface area contributed by atoms with Gasteiger partial charge in [-0.2, -0.15) is 0 Å². The maximum Gasteiger partial charge on any atom is 0.161 e. The molecule has 11 rings (SSSR count). The number of hydrogen-bond donors (Lipinski definition) is 0. The Morgan fingerprint density at radius 3 is 1.69 bits per heavy atom. The average molecular weight is 753 g/mol. The first kappa shape index (κ1) is 34.8. The third kappa shape index (κ3) is 5.87.